The quantitative estimate of drug-likeness (QED) is 0.768. The fourth-order valence-electron chi connectivity index (χ4n) is 2.56. The summed E-state index contributed by atoms with van der Waals surface area (Å²) in [4.78, 5) is 8.53. The van der Waals surface area contributed by atoms with Crippen molar-refractivity contribution in [1.82, 2.24) is 9.97 Å². The van der Waals surface area contributed by atoms with Gasteiger partial charge in [-0.3, -0.25) is 0 Å². The van der Waals surface area contributed by atoms with Gasteiger partial charge in [0.2, 0.25) is 0 Å². The third-order valence-corrected chi connectivity index (χ3v) is 4.51. The zero-order valence-electron chi connectivity index (χ0n) is 12.5. The maximum Gasteiger partial charge on any atom is 0.498 e. The summed E-state index contributed by atoms with van der Waals surface area (Å²) in [6.45, 7) is 8.97. The number of hydrogen-bond donors (Lipinski definition) is 0. The van der Waals surface area contributed by atoms with Gasteiger partial charge in [-0.25, -0.2) is 9.97 Å². The van der Waals surface area contributed by atoms with Crippen molar-refractivity contribution in [2.24, 2.45) is 0 Å². The van der Waals surface area contributed by atoms with Crippen molar-refractivity contribution in [3.8, 4) is 0 Å². The van der Waals surface area contributed by atoms with Gasteiger partial charge < -0.3 is 14.0 Å². The summed E-state index contributed by atoms with van der Waals surface area (Å²) in [5.41, 5.74) is 1.07. The molecule has 2 fully saturated rings. The molecule has 0 aromatic carbocycles. The molecule has 6 heteroatoms. The van der Waals surface area contributed by atoms with Crippen molar-refractivity contribution in [2.75, 3.05) is 6.61 Å². The monoisotopic (exact) mass is 276 g/mol. The second-order valence-electron chi connectivity index (χ2n) is 6.45. The Balaban J connectivity index is 1.92. The summed E-state index contributed by atoms with van der Waals surface area (Å²) in [5.74, 6) is 0. The topological polar surface area (TPSA) is 53.5 Å². The molecule has 0 aliphatic carbocycles. The average molecular weight is 276 g/mol. The van der Waals surface area contributed by atoms with Gasteiger partial charge in [0, 0.05) is 18.3 Å². The first-order valence-corrected chi connectivity index (χ1v) is 7.18. The van der Waals surface area contributed by atoms with Crippen LogP contribution in [-0.2, 0) is 14.0 Å². The predicted octanol–water partition coefficient (Wildman–Crippen LogP) is 1.63. The Kier molecular flexibility index (Phi) is 3.35. The number of nitrogens with zero attached hydrogens (tertiary/aromatic N) is 2. The fraction of sp³-hybridized carbons (Fsp3) is 0.714. The number of aromatic nitrogens is 2. The first kappa shape index (κ1) is 14.0. The SMILES string of the molecule is CC1(C)OB(c2cncnc2C2CCCO2)OC1(C)C. The molecule has 20 heavy (non-hydrogen) atoms. The zero-order chi connectivity index (χ0) is 14.4. The van der Waals surface area contributed by atoms with E-state index in [0.29, 0.717) is 0 Å². The lowest BCUT2D eigenvalue weighted by molar-refractivity contribution is 0.00578. The second-order valence-corrected chi connectivity index (χ2v) is 6.45. The Bertz CT molecular complexity index is 485. The molecule has 3 rings (SSSR count). The molecule has 5 nitrogen and oxygen atoms in total. The molecule has 0 spiro atoms. The van der Waals surface area contributed by atoms with E-state index in [-0.39, 0.29) is 17.3 Å². The minimum atomic E-state index is -0.430. The molecule has 0 N–H and O–H groups in total. The van der Waals surface area contributed by atoms with Gasteiger partial charge in [-0.2, -0.15) is 0 Å². The minimum Gasteiger partial charge on any atom is -0.399 e. The molecule has 0 amide bonds. The fourth-order valence-corrected chi connectivity index (χ4v) is 2.56. The van der Waals surface area contributed by atoms with Crippen molar-refractivity contribution in [3.05, 3.63) is 18.2 Å². The highest BCUT2D eigenvalue weighted by molar-refractivity contribution is 6.62. The summed E-state index contributed by atoms with van der Waals surface area (Å²) < 4.78 is 17.9. The molecule has 1 aromatic rings. The van der Waals surface area contributed by atoms with Crippen molar-refractivity contribution < 1.29 is 14.0 Å². The van der Waals surface area contributed by atoms with Crippen LogP contribution in [0, 0.1) is 0 Å². The van der Waals surface area contributed by atoms with Crippen LogP contribution < -0.4 is 5.46 Å². The molecule has 0 radical (unpaired) electrons. The lowest BCUT2D eigenvalue weighted by Crippen LogP contribution is -2.41. The van der Waals surface area contributed by atoms with E-state index < -0.39 is 7.12 Å². The van der Waals surface area contributed by atoms with Gasteiger partial charge in [0.25, 0.3) is 0 Å². The molecule has 2 saturated heterocycles. The molecule has 2 aliphatic rings. The molecule has 1 unspecified atom stereocenters. The first-order valence-electron chi connectivity index (χ1n) is 7.18. The third kappa shape index (κ3) is 2.26. The van der Waals surface area contributed by atoms with Crippen LogP contribution in [0.1, 0.15) is 52.3 Å². The van der Waals surface area contributed by atoms with E-state index >= 15 is 0 Å². The minimum absolute atomic E-state index is 0.0343. The molecule has 0 saturated carbocycles. The Hall–Kier alpha value is -0.975. The molecule has 0 bridgehead atoms. The van der Waals surface area contributed by atoms with Crippen LogP contribution in [0.2, 0.25) is 0 Å². The van der Waals surface area contributed by atoms with Crippen molar-refractivity contribution in [1.29, 1.82) is 0 Å². The van der Waals surface area contributed by atoms with Crippen molar-refractivity contribution in [3.63, 3.8) is 0 Å². The van der Waals surface area contributed by atoms with E-state index in [0.717, 1.165) is 30.6 Å². The Morgan fingerprint density at radius 1 is 1.20 bits per heavy atom. The summed E-state index contributed by atoms with van der Waals surface area (Å²) >= 11 is 0. The van der Waals surface area contributed by atoms with Gasteiger partial charge >= 0.3 is 7.12 Å². The molecule has 1 atom stereocenters. The van der Waals surface area contributed by atoms with Crippen LogP contribution in [0.15, 0.2) is 12.5 Å². The predicted molar refractivity (Wildman–Crippen MR) is 75.7 cm³/mol. The van der Waals surface area contributed by atoms with Gasteiger partial charge in [0.15, 0.2) is 0 Å². The van der Waals surface area contributed by atoms with Crippen LogP contribution in [0.5, 0.6) is 0 Å². The molecular weight excluding hydrogens is 255 g/mol. The molecule has 2 aliphatic heterocycles. The normalized spacial score (nSPS) is 28.0. The highest BCUT2D eigenvalue weighted by Crippen LogP contribution is 2.37. The standard InChI is InChI=1S/C14H21BN2O3/c1-13(2)14(3,4)20-15(19-13)10-8-16-9-17-12(10)11-6-5-7-18-11/h8-9,11H,5-7H2,1-4H3. The van der Waals surface area contributed by atoms with E-state index in [2.05, 4.69) is 9.97 Å². The van der Waals surface area contributed by atoms with E-state index in [1.165, 1.54) is 0 Å². The van der Waals surface area contributed by atoms with Gasteiger partial charge in [-0.1, -0.05) is 0 Å². The van der Waals surface area contributed by atoms with E-state index in [4.69, 9.17) is 14.0 Å². The molecule has 1 aromatic heterocycles. The van der Waals surface area contributed by atoms with Gasteiger partial charge in [-0.15, -0.1) is 0 Å². The Morgan fingerprint density at radius 2 is 1.90 bits per heavy atom. The lowest BCUT2D eigenvalue weighted by Gasteiger charge is -2.32. The highest BCUT2D eigenvalue weighted by atomic mass is 16.7. The van der Waals surface area contributed by atoms with Crippen LogP contribution >= 0.6 is 0 Å². The Morgan fingerprint density at radius 3 is 2.50 bits per heavy atom. The number of rotatable bonds is 2. The highest BCUT2D eigenvalue weighted by Gasteiger charge is 2.52. The Labute approximate surface area is 120 Å². The summed E-state index contributed by atoms with van der Waals surface area (Å²) in [6.07, 6.45) is 5.44. The largest absolute Gasteiger partial charge is 0.498 e. The lowest BCUT2D eigenvalue weighted by atomic mass is 9.77. The first-order chi connectivity index (χ1) is 9.41. The van der Waals surface area contributed by atoms with E-state index in [9.17, 15) is 0 Å². The maximum atomic E-state index is 6.09. The van der Waals surface area contributed by atoms with Crippen molar-refractivity contribution >= 4 is 12.6 Å². The van der Waals surface area contributed by atoms with Crippen LogP contribution in [0.3, 0.4) is 0 Å². The van der Waals surface area contributed by atoms with Crippen LogP contribution in [-0.4, -0.2) is 34.9 Å². The molecule has 3 heterocycles. The molecular formula is C14H21BN2O3. The third-order valence-electron chi connectivity index (χ3n) is 4.51. The average Bonchev–Trinajstić information content (AvgIpc) is 2.97. The maximum absolute atomic E-state index is 6.09. The van der Waals surface area contributed by atoms with Crippen LogP contribution in [0.25, 0.3) is 0 Å². The molecule has 108 valence electrons. The number of ether oxygens (including phenoxy) is 1. The summed E-state index contributed by atoms with van der Waals surface area (Å²) in [7, 11) is -0.430. The van der Waals surface area contributed by atoms with Gasteiger partial charge in [0.05, 0.1) is 23.0 Å². The smallest absolute Gasteiger partial charge is 0.399 e. The van der Waals surface area contributed by atoms with E-state index in [1.807, 2.05) is 27.7 Å². The summed E-state index contributed by atoms with van der Waals surface area (Å²) in [6, 6.07) is 0. The van der Waals surface area contributed by atoms with Gasteiger partial charge in [0.1, 0.15) is 6.33 Å². The van der Waals surface area contributed by atoms with Crippen LogP contribution in [0.4, 0.5) is 0 Å². The summed E-state index contributed by atoms with van der Waals surface area (Å²) in [5, 5.41) is 0. The van der Waals surface area contributed by atoms with Crippen molar-refractivity contribution in [2.45, 2.75) is 57.8 Å². The van der Waals surface area contributed by atoms with Gasteiger partial charge in [-0.05, 0) is 40.5 Å². The second kappa shape index (κ2) is 4.79. The van der Waals surface area contributed by atoms with E-state index in [1.54, 1.807) is 12.5 Å². The number of hydrogen-bond acceptors (Lipinski definition) is 5. The zero-order valence-corrected chi connectivity index (χ0v) is 12.5.